The first-order valence-electron chi connectivity index (χ1n) is 12.2. The van der Waals surface area contributed by atoms with Crippen molar-refractivity contribution in [3.05, 3.63) is 78.4 Å². The predicted octanol–water partition coefficient (Wildman–Crippen LogP) is 5.61. The molecule has 3 aromatic carbocycles. The molecule has 1 fully saturated rings. The van der Waals surface area contributed by atoms with Crippen LogP contribution in [0.25, 0.3) is 10.9 Å². The molecule has 1 aliphatic rings. The monoisotopic (exact) mass is 487 g/mol. The molecule has 1 saturated heterocycles. The van der Waals surface area contributed by atoms with Gasteiger partial charge in [-0.25, -0.2) is 14.4 Å². The Morgan fingerprint density at radius 3 is 2.42 bits per heavy atom. The second-order valence-corrected chi connectivity index (χ2v) is 8.82. The molecule has 8 heteroatoms. The van der Waals surface area contributed by atoms with Gasteiger partial charge >= 0.3 is 0 Å². The van der Waals surface area contributed by atoms with Crippen LogP contribution >= 0.6 is 0 Å². The van der Waals surface area contributed by atoms with Crippen molar-refractivity contribution in [1.29, 1.82) is 0 Å². The fourth-order valence-corrected chi connectivity index (χ4v) is 4.34. The van der Waals surface area contributed by atoms with E-state index in [1.54, 1.807) is 19.2 Å². The Morgan fingerprint density at radius 1 is 0.917 bits per heavy atom. The molecule has 0 amide bonds. The van der Waals surface area contributed by atoms with Crippen LogP contribution in [0.3, 0.4) is 0 Å². The molecule has 1 aromatic heterocycles. The molecule has 0 bridgehead atoms. The lowest BCUT2D eigenvalue weighted by Gasteiger charge is -2.17. The van der Waals surface area contributed by atoms with Crippen molar-refractivity contribution in [2.24, 2.45) is 0 Å². The van der Waals surface area contributed by atoms with Gasteiger partial charge in [0, 0.05) is 35.9 Å². The van der Waals surface area contributed by atoms with E-state index in [2.05, 4.69) is 25.5 Å². The molecule has 7 nitrogen and oxygen atoms in total. The smallest absolute Gasteiger partial charge is 0.162 e. The lowest BCUT2D eigenvalue weighted by atomic mass is 10.2. The normalized spacial score (nSPS) is 13.6. The average Bonchev–Trinajstić information content (AvgIpc) is 3.43. The maximum absolute atomic E-state index is 13.1. The number of nitrogens with zero attached hydrogens (tertiary/aromatic N) is 3. The molecule has 5 rings (SSSR count). The van der Waals surface area contributed by atoms with Gasteiger partial charge in [-0.05, 0) is 74.0 Å². The molecule has 2 N–H and O–H groups in total. The molecule has 1 aliphatic heterocycles. The van der Waals surface area contributed by atoms with Crippen LogP contribution in [-0.4, -0.2) is 48.2 Å². The Balaban J connectivity index is 1.27. The number of methoxy groups -OCH3 is 1. The molecule has 0 unspecified atom stereocenters. The highest BCUT2D eigenvalue weighted by molar-refractivity contribution is 5.93. The first kappa shape index (κ1) is 23.8. The van der Waals surface area contributed by atoms with Gasteiger partial charge in [0.05, 0.1) is 12.6 Å². The van der Waals surface area contributed by atoms with Gasteiger partial charge in [0.1, 0.15) is 24.6 Å². The van der Waals surface area contributed by atoms with Crippen LogP contribution < -0.4 is 20.1 Å². The molecule has 0 spiro atoms. The fourth-order valence-electron chi connectivity index (χ4n) is 4.34. The Labute approximate surface area is 210 Å². The number of aromatic nitrogens is 2. The topological polar surface area (TPSA) is 71.5 Å². The highest BCUT2D eigenvalue weighted by Crippen LogP contribution is 2.35. The van der Waals surface area contributed by atoms with Gasteiger partial charge in [-0.3, -0.25) is 4.90 Å². The zero-order valence-electron chi connectivity index (χ0n) is 20.3. The van der Waals surface area contributed by atoms with E-state index in [0.29, 0.717) is 30.5 Å². The summed E-state index contributed by atoms with van der Waals surface area (Å²) in [6.07, 6.45) is 4.06. The van der Waals surface area contributed by atoms with E-state index in [0.717, 1.165) is 47.5 Å². The zero-order chi connectivity index (χ0) is 24.7. The van der Waals surface area contributed by atoms with Crippen molar-refractivity contribution < 1.29 is 13.9 Å². The number of likely N-dealkylation sites (tertiary alicyclic amines) is 1. The molecule has 4 aromatic rings. The van der Waals surface area contributed by atoms with Crippen molar-refractivity contribution in [3.8, 4) is 11.5 Å². The number of hydrogen-bond donors (Lipinski definition) is 2. The molecular weight excluding hydrogens is 457 g/mol. The molecule has 0 atom stereocenters. The van der Waals surface area contributed by atoms with E-state index >= 15 is 0 Å². The summed E-state index contributed by atoms with van der Waals surface area (Å²) >= 11 is 0. The molecule has 0 aliphatic carbocycles. The number of rotatable bonds is 10. The van der Waals surface area contributed by atoms with Crippen molar-refractivity contribution in [1.82, 2.24) is 14.9 Å². The van der Waals surface area contributed by atoms with Gasteiger partial charge in [0.2, 0.25) is 0 Å². The highest BCUT2D eigenvalue weighted by atomic mass is 19.1. The van der Waals surface area contributed by atoms with Crippen molar-refractivity contribution in [2.75, 3.05) is 44.0 Å². The van der Waals surface area contributed by atoms with E-state index in [9.17, 15) is 4.39 Å². The third kappa shape index (κ3) is 5.83. The number of halogens is 1. The zero-order valence-corrected chi connectivity index (χ0v) is 20.3. The van der Waals surface area contributed by atoms with E-state index < -0.39 is 0 Å². The Morgan fingerprint density at radius 2 is 1.67 bits per heavy atom. The van der Waals surface area contributed by atoms with Crippen LogP contribution in [-0.2, 0) is 6.54 Å². The molecule has 36 heavy (non-hydrogen) atoms. The molecule has 0 radical (unpaired) electrons. The minimum Gasteiger partial charge on any atom is -0.493 e. The number of benzene rings is 3. The largest absolute Gasteiger partial charge is 0.493 e. The predicted molar refractivity (Wildman–Crippen MR) is 141 cm³/mol. The summed E-state index contributed by atoms with van der Waals surface area (Å²) in [5, 5.41) is 7.60. The Bertz CT molecular complexity index is 1290. The molecular formula is C28H30FN5O2. The second-order valence-electron chi connectivity index (χ2n) is 8.82. The SMILES string of the molecule is COc1cc2ncnc(Nc3ccc(NCc4ccc(F)cc4)cc3)c2cc1OCCN1CCCC1. The van der Waals surface area contributed by atoms with Crippen LogP contribution in [0.2, 0.25) is 0 Å². The van der Waals surface area contributed by atoms with Gasteiger partial charge in [-0.1, -0.05) is 12.1 Å². The van der Waals surface area contributed by atoms with Crippen LogP contribution in [0.4, 0.5) is 21.6 Å². The molecule has 2 heterocycles. The van der Waals surface area contributed by atoms with Crippen LogP contribution in [0.15, 0.2) is 67.0 Å². The Kier molecular flexibility index (Phi) is 7.42. The van der Waals surface area contributed by atoms with Crippen molar-refractivity contribution in [2.45, 2.75) is 19.4 Å². The standard InChI is InChI=1S/C28H30FN5O2/c1-35-26-17-25-24(16-27(26)36-15-14-34-12-2-3-13-34)28(32-19-31-25)33-23-10-8-22(9-11-23)30-18-20-4-6-21(29)7-5-20/h4-11,16-17,19,30H,2-3,12-15,18H2,1H3,(H,31,32,33). The van der Waals surface area contributed by atoms with Gasteiger partial charge in [-0.15, -0.1) is 0 Å². The van der Waals surface area contributed by atoms with Crippen molar-refractivity contribution in [3.63, 3.8) is 0 Å². The summed E-state index contributed by atoms with van der Waals surface area (Å²) in [5.41, 5.74) is 3.65. The minimum atomic E-state index is -0.231. The van der Waals surface area contributed by atoms with E-state index in [1.165, 1.54) is 31.3 Å². The van der Waals surface area contributed by atoms with Gasteiger partial charge < -0.3 is 20.1 Å². The average molecular weight is 488 g/mol. The summed E-state index contributed by atoms with van der Waals surface area (Å²) in [5.74, 6) is 1.80. The number of nitrogens with one attached hydrogen (secondary N) is 2. The maximum atomic E-state index is 13.1. The highest BCUT2D eigenvalue weighted by Gasteiger charge is 2.14. The maximum Gasteiger partial charge on any atom is 0.162 e. The van der Waals surface area contributed by atoms with E-state index in [4.69, 9.17) is 9.47 Å². The van der Waals surface area contributed by atoms with Gasteiger partial charge in [0.15, 0.2) is 11.5 Å². The summed E-state index contributed by atoms with van der Waals surface area (Å²) in [4.78, 5) is 11.3. The Hall–Kier alpha value is -3.91. The fraction of sp³-hybridized carbons (Fsp3) is 0.286. The molecule has 0 saturated carbocycles. The lowest BCUT2D eigenvalue weighted by molar-refractivity contribution is 0.230. The summed E-state index contributed by atoms with van der Waals surface area (Å²) in [6, 6.07) is 18.3. The third-order valence-corrected chi connectivity index (χ3v) is 6.34. The summed E-state index contributed by atoms with van der Waals surface area (Å²) in [7, 11) is 1.64. The first-order valence-corrected chi connectivity index (χ1v) is 12.2. The quantitative estimate of drug-likeness (QED) is 0.301. The van der Waals surface area contributed by atoms with Crippen LogP contribution in [0.1, 0.15) is 18.4 Å². The summed E-state index contributed by atoms with van der Waals surface area (Å²) in [6.45, 7) is 4.40. The van der Waals surface area contributed by atoms with Gasteiger partial charge in [0.25, 0.3) is 0 Å². The second kappa shape index (κ2) is 11.2. The lowest BCUT2D eigenvalue weighted by Crippen LogP contribution is -2.25. The van der Waals surface area contributed by atoms with Crippen LogP contribution in [0.5, 0.6) is 11.5 Å². The number of ether oxygens (including phenoxy) is 2. The van der Waals surface area contributed by atoms with E-state index in [1.807, 2.05) is 36.4 Å². The molecule has 186 valence electrons. The van der Waals surface area contributed by atoms with Gasteiger partial charge in [-0.2, -0.15) is 0 Å². The number of anilines is 3. The summed E-state index contributed by atoms with van der Waals surface area (Å²) < 4.78 is 24.8. The van der Waals surface area contributed by atoms with E-state index in [-0.39, 0.29) is 5.82 Å². The van der Waals surface area contributed by atoms with Crippen molar-refractivity contribution >= 4 is 28.1 Å². The third-order valence-electron chi connectivity index (χ3n) is 6.34. The van der Waals surface area contributed by atoms with Crippen LogP contribution in [0, 0.1) is 5.82 Å². The number of hydrogen-bond acceptors (Lipinski definition) is 7. The first-order chi connectivity index (χ1) is 17.7. The number of fused-ring (bicyclic) bond motifs is 1. The minimum absolute atomic E-state index is 0.231.